The molecule has 18 heavy (non-hydrogen) atoms. The minimum atomic E-state index is 0.265. The minimum absolute atomic E-state index is 0.265. The van der Waals surface area contributed by atoms with Gasteiger partial charge in [-0.1, -0.05) is 0 Å². The summed E-state index contributed by atoms with van der Waals surface area (Å²) >= 11 is 0. The zero-order valence-electron chi connectivity index (χ0n) is 10.8. The SMILES string of the molecule is CN1CC(NC2CCCc3occc32)CCC1=O. The van der Waals surface area contributed by atoms with Crippen LogP contribution < -0.4 is 5.32 Å². The van der Waals surface area contributed by atoms with Crippen LogP contribution in [0.25, 0.3) is 0 Å². The van der Waals surface area contributed by atoms with Crippen LogP contribution in [0.4, 0.5) is 0 Å². The van der Waals surface area contributed by atoms with Crippen molar-refractivity contribution in [1.82, 2.24) is 10.2 Å². The monoisotopic (exact) mass is 248 g/mol. The van der Waals surface area contributed by atoms with Gasteiger partial charge in [0.15, 0.2) is 0 Å². The molecular formula is C14H20N2O2. The number of hydrogen-bond acceptors (Lipinski definition) is 3. The van der Waals surface area contributed by atoms with Crippen molar-refractivity contribution in [2.75, 3.05) is 13.6 Å². The van der Waals surface area contributed by atoms with Crippen molar-refractivity contribution < 1.29 is 9.21 Å². The van der Waals surface area contributed by atoms with Crippen LogP contribution >= 0.6 is 0 Å². The number of hydrogen-bond donors (Lipinski definition) is 1. The van der Waals surface area contributed by atoms with E-state index in [-0.39, 0.29) is 5.91 Å². The van der Waals surface area contributed by atoms with Gasteiger partial charge in [-0.2, -0.15) is 0 Å². The topological polar surface area (TPSA) is 45.5 Å². The van der Waals surface area contributed by atoms with E-state index in [9.17, 15) is 4.79 Å². The molecule has 1 N–H and O–H groups in total. The number of nitrogens with one attached hydrogen (secondary N) is 1. The molecule has 98 valence electrons. The first kappa shape index (κ1) is 11.8. The number of rotatable bonds is 2. The molecular weight excluding hydrogens is 228 g/mol. The van der Waals surface area contributed by atoms with Crippen LogP contribution in [0.2, 0.25) is 0 Å². The van der Waals surface area contributed by atoms with Crippen molar-refractivity contribution in [2.24, 2.45) is 0 Å². The molecule has 0 aromatic carbocycles. The highest BCUT2D eigenvalue weighted by molar-refractivity contribution is 5.76. The van der Waals surface area contributed by atoms with Gasteiger partial charge in [-0.05, 0) is 25.3 Å². The van der Waals surface area contributed by atoms with Gasteiger partial charge < -0.3 is 14.6 Å². The molecule has 1 amide bonds. The van der Waals surface area contributed by atoms with Crippen LogP contribution in [0.5, 0.6) is 0 Å². The van der Waals surface area contributed by atoms with E-state index in [4.69, 9.17) is 4.42 Å². The predicted octanol–water partition coefficient (Wildman–Crippen LogP) is 1.87. The number of fused-ring (bicyclic) bond motifs is 1. The largest absolute Gasteiger partial charge is 0.469 e. The molecule has 2 heterocycles. The normalized spacial score (nSPS) is 28.3. The number of likely N-dealkylation sites (tertiary alicyclic amines) is 1. The summed E-state index contributed by atoms with van der Waals surface area (Å²) in [5.41, 5.74) is 1.32. The number of nitrogens with zero attached hydrogens (tertiary/aromatic N) is 1. The standard InChI is InChI=1S/C14H20N2O2/c1-16-9-10(5-6-14(16)17)15-12-3-2-4-13-11(12)7-8-18-13/h7-8,10,12,15H,2-6,9H2,1H3. The van der Waals surface area contributed by atoms with Crippen LogP contribution in [-0.2, 0) is 11.2 Å². The summed E-state index contributed by atoms with van der Waals surface area (Å²) in [7, 11) is 1.89. The summed E-state index contributed by atoms with van der Waals surface area (Å²) < 4.78 is 5.51. The second-order valence-corrected chi connectivity index (χ2v) is 5.42. The molecule has 2 aliphatic rings. The van der Waals surface area contributed by atoms with Crippen molar-refractivity contribution in [2.45, 2.75) is 44.2 Å². The maximum absolute atomic E-state index is 11.5. The summed E-state index contributed by atoms with van der Waals surface area (Å²) in [6, 6.07) is 2.90. The molecule has 2 unspecified atom stereocenters. The predicted molar refractivity (Wildman–Crippen MR) is 68.2 cm³/mol. The van der Waals surface area contributed by atoms with Crippen molar-refractivity contribution in [3.05, 3.63) is 23.7 Å². The van der Waals surface area contributed by atoms with Crippen LogP contribution in [0.3, 0.4) is 0 Å². The summed E-state index contributed by atoms with van der Waals surface area (Å²) in [5, 5.41) is 3.70. The average molecular weight is 248 g/mol. The highest BCUT2D eigenvalue weighted by atomic mass is 16.3. The summed E-state index contributed by atoms with van der Waals surface area (Å²) in [6.45, 7) is 0.822. The number of aryl methyl sites for hydroxylation is 1. The second kappa shape index (κ2) is 4.76. The fourth-order valence-electron chi connectivity index (χ4n) is 3.09. The molecule has 0 bridgehead atoms. The molecule has 3 rings (SSSR count). The van der Waals surface area contributed by atoms with Gasteiger partial charge in [-0.25, -0.2) is 0 Å². The first-order valence-electron chi connectivity index (χ1n) is 6.80. The Balaban J connectivity index is 1.66. The molecule has 1 fully saturated rings. The van der Waals surface area contributed by atoms with E-state index in [2.05, 4.69) is 11.4 Å². The first-order valence-corrected chi connectivity index (χ1v) is 6.80. The number of likely N-dealkylation sites (N-methyl/N-ethyl adjacent to an activating group) is 1. The first-order chi connectivity index (χ1) is 8.74. The maximum Gasteiger partial charge on any atom is 0.222 e. The Morgan fingerprint density at radius 2 is 2.28 bits per heavy atom. The minimum Gasteiger partial charge on any atom is -0.469 e. The van der Waals surface area contributed by atoms with Crippen molar-refractivity contribution in [3.8, 4) is 0 Å². The molecule has 1 saturated heterocycles. The third-order valence-electron chi connectivity index (χ3n) is 4.12. The highest BCUT2D eigenvalue weighted by Crippen LogP contribution is 2.31. The van der Waals surface area contributed by atoms with E-state index in [0.717, 1.165) is 25.1 Å². The van der Waals surface area contributed by atoms with E-state index in [0.29, 0.717) is 18.5 Å². The van der Waals surface area contributed by atoms with E-state index in [1.807, 2.05) is 11.9 Å². The van der Waals surface area contributed by atoms with Crippen molar-refractivity contribution in [3.63, 3.8) is 0 Å². The fourth-order valence-corrected chi connectivity index (χ4v) is 3.09. The van der Waals surface area contributed by atoms with Gasteiger partial charge in [0.05, 0.1) is 6.26 Å². The highest BCUT2D eigenvalue weighted by Gasteiger charge is 2.28. The molecule has 4 nitrogen and oxygen atoms in total. The smallest absolute Gasteiger partial charge is 0.222 e. The Labute approximate surface area is 107 Å². The van der Waals surface area contributed by atoms with E-state index in [1.54, 1.807) is 6.26 Å². The van der Waals surface area contributed by atoms with Gasteiger partial charge >= 0.3 is 0 Å². The van der Waals surface area contributed by atoms with Crippen LogP contribution in [-0.4, -0.2) is 30.4 Å². The van der Waals surface area contributed by atoms with E-state index < -0.39 is 0 Å². The lowest BCUT2D eigenvalue weighted by Gasteiger charge is -2.34. The molecule has 1 aliphatic heterocycles. The van der Waals surface area contributed by atoms with Crippen LogP contribution in [0.1, 0.15) is 43.0 Å². The molecule has 1 aromatic rings. The Kier molecular flexibility index (Phi) is 3.12. The van der Waals surface area contributed by atoms with Crippen LogP contribution in [0.15, 0.2) is 16.7 Å². The zero-order chi connectivity index (χ0) is 12.5. The zero-order valence-corrected chi connectivity index (χ0v) is 10.8. The van der Waals surface area contributed by atoms with Gasteiger partial charge in [-0.3, -0.25) is 4.79 Å². The quantitative estimate of drug-likeness (QED) is 0.869. The van der Waals surface area contributed by atoms with E-state index in [1.165, 1.54) is 18.4 Å². The lowest BCUT2D eigenvalue weighted by atomic mass is 9.92. The molecule has 2 atom stereocenters. The van der Waals surface area contributed by atoms with Gasteiger partial charge in [0.1, 0.15) is 5.76 Å². The third kappa shape index (κ3) is 2.17. The number of carbonyl (C=O) groups excluding carboxylic acids is 1. The molecule has 4 heteroatoms. The van der Waals surface area contributed by atoms with Crippen molar-refractivity contribution in [1.29, 1.82) is 0 Å². The molecule has 1 aliphatic carbocycles. The number of carbonyl (C=O) groups is 1. The average Bonchev–Trinajstić information content (AvgIpc) is 2.83. The van der Waals surface area contributed by atoms with Crippen molar-refractivity contribution >= 4 is 5.91 Å². The Morgan fingerprint density at radius 3 is 3.11 bits per heavy atom. The molecule has 0 spiro atoms. The van der Waals surface area contributed by atoms with E-state index >= 15 is 0 Å². The molecule has 0 radical (unpaired) electrons. The molecule has 0 saturated carbocycles. The van der Waals surface area contributed by atoms with Gasteiger partial charge in [0, 0.05) is 44.1 Å². The maximum atomic E-state index is 11.5. The fraction of sp³-hybridized carbons (Fsp3) is 0.643. The lowest BCUT2D eigenvalue weighted by Crippen LogP contribution is -2.47. The summed E-state index contributed by atoms with van der Waals surface area (Å²) in [4.78, 5) is 13.3. The van der Waals surface area contributed by atoms with Gasteiger partial charge in [-0.15, -0.1) is 0 Å². The number of piperidine rings is 1. The van der Waals surface area contributed by atoms with Gasteiger partial charge in [0.25, 0.3) is 0 Å². The summed E-state index contributed by atoms with van der Waals surface area (Å²) in [6.07, 6.45) is 6.82. The lowest BCUT2D eigenvalue weighted by molar-refractivity contribution is -0.132. The summed E-state index contributed by atoms with van der Waals surface area (Å²) in [5.74, 6) is 1.40. The second-order valence-electron chi connectivity index (χ2n) is 5.42. The molecule has 1 aromatic heterocycles. The van der Waals surface area contributed by atoms with Crippen LogP contribution in [0, 0.1) is 0 Å². The Hall–Kier alpha value is -1.29. The van der Waals surface area contributed by atoms with Gasteiger partial charge in [0.2, 0.25) is 5.91 Å². The number of furan rings is 1. The Morgan fingerprint density at radius 1 is 1.39 bits per heavy atom. The Bertz CT molecular complexity index is 441. The number of amides is 1. The third-order valence-corrected chi connectivity index (χ3v) is 4.12.